The number of nitrogens with one attached hydrogen (secondary N) is 2. The smallest absolute Gasteiger partial charge is 0.348 e. The summed E-state index contributed by atoms with van der Waals surface area (Å²) in [7, 11) is 0. The van der Waals surface area contributed by atoms with E-state index in [1.165, 1.54) is 36.4 Å². The highest BCUT2D eigenvalue weighted by molar-refractivity contribution is 5.48. The first kappa shape index (κ1) is 11.3. The monoisotopic (exact) mass is 247 g/mol. The fraction of sp³-hybridized carbons (Fsp3) is 0.583. The van der Waals surface area contributed by atoms with Gasteiger partial charge in [-0.3, -0.25) is 0 Å². The van der Waals surface area contributed by atoms with E-state index in [0.717, 1.165) is 12.4 Å². The summed E-state index contributed by atoms with van der Waals surface area (Å²) in [5.41, 5.74) is 0.819. The molecule has 0 atom stereocenters. The number of fused-ring (bicyclic) bond motifs is 1. The van der Waals surface area contributed by atoms with Gasteiger partial charge in [0.2, 0.25) is 0 Å². The normalized spacial score (nSPS) is 16.9. The Balaban J connectivity index is 1.73. The summed E-state index contributed by atoms with van der Waals surface area (Å²) in [5, 5.41) is 9.67. The van der Waals surface area contributed by atoms with Crippen LogP contribution < -0.4 is 11.0 Å². The number of H-pyrrole nitrogens is 1. The summed E-state index contributed by atoms with van der Waals surface area (Å²) < 4.78 is 1.39. The van der Waals surface area contributed by atoms with Crippen molar-refractivity contribution in [2.24, 2.45) is 5.41 Å². The van der Waals surface area contributed by atoms with Gasteiger partial charge < -0.3 is 5.32 Å². The second-order valence-electron chi connectivity index (χ2n) is 5.13. The number of aromatic amines is 1. The van der Waals surface area contributed by atoms with Crippen molar-refractivity contribution < 1.29 is 0 Å². The van der Waals surface area contributed by atoms with Crippen LogP contribution in [0.4, 0.5) is 5.82 Å². The third kappa shape index (κ3) is 1.98. The fourth-order valence-electron chi connectivity index (χ4n) is 2.41. The Kier molecular flexibility index (Phi) is 2.57. The highest BCUT2D eigenvalue weighted by atomic mass is 16.1. The van der Waals surface area contributed by atoms with Gasteiger partial charge in [-0.25, -0.2) is 19.3 Å². The van der Waals surface area contributed by atoms with Gasteiger partial charge in [-0.15, -0.1) is 0 Å². The SMILES string of the molecule is CCCC1(CNc2cc3n[nH]c(=O)n3cn2)CC1. The Bertz CT molecular complexity index is 610. The predicted molar refractivity (Wildman–Crippen MR) is 68.7 cm³/mol. The lowest BCUT2D eigenvalue weighted by Crippen LogP contribution is -2.16. The zero-order valence-electron chi connectivity index (χ0n) is 10.4. The molecule has 0 unspecified atom stereocenters. The van der Waals surface area contributed by atoms with Gasteiger partial charge in [0.1, 0.15) is 12.1 Å². The Morgan fingerprint density at radius 3 is 3.11 bits per heavy atom. The van der Waals surface area contributed by atoms with Crippen LogP contribution in [0.2, 0.25) is 0 Å². The van der Waals surface area contributed by atoms with Gasteiger partial charge in [0, 0.05) is 12.6 Å². The average Bonchev–Trinajstić information content (AvgIpc) is 3.05. The maximum Gasteiger partial charge on any atom is 0.348 e. The number of rotatable bonds is 5. The molecule has 0 aromatic carbocycles. The number of aromatic nitrogens is 4. The van der Waals surface area contributed by atoms with Gasteiger partial charge in [0.05, 0.1) is 0 Å². The van der Waals surface area contributed by atoms with Crippen LogP contribution in [-0.4, -0.2) is 26.1 Å². The second kappa shape index (κ2) is 4.12. The summed E-state index contributed by atoms with van der Waals surface area (Å²) >= 11 is 0. The van der Waals surface area contributed by atoms with Gasteiger partial charge in [-0.2, -0.15) is 5.10 Å². The minimum absolute atomic E-state index is 0.256. The van der Waals surface area contributed by atoms with Crippen LogP contribution in [-0.2, 0) is 0 Å². The fourth-order valence-corrected chi connectivity index (χ4v) is 2.41. The summed E-state index contributed by atoms with van der Waals surface area (Å²) in [6.45, 7) is 3.18. The quantitative estimate of drug-likeness (QED) is 0.837. The molecule has 1 aliphatic rings. The van der Waals surface area contributed by atoms with Crippen molar-refractivity contribution in [2.75, 3.05) is 11.9 Å². The van der Waals surface area contributed by atoms with Crippen molar-refractivity contribution >= 4 is 11.5 Å². The Hall–Kier alpha value is -1.85. The molecule has 1 saturated carbocycles. The Morgan fingerprint density at radius 1 is 1.56 bits per heavy atom. The van der Waals surface area contributed by atoms with Gasteiger partial charge in [0.15, 0.2) is 5.65 Å². The first-order chi connectivity index (χ1) is 8.72. The molecule has 0 spiro atoms. The van der Waals surface area contributed by atoms with E-state index in [1.54, 1.807) is 6.07 Å². The largest absolute Gasteiger partial charge is 0.369 e. The number of anilines is 1. The first-order valence-corrected chi connectivity index (χ1v) is 6.39. The molecule has 6 heteroatoms. The molecule has 0 amide bonds. The maximum absolute atomic E-state index is 11.3. The highest BCUT2D eigenvalue weighted by Gasteiger charge is 2.41. The third-order valence-electron chi connectivity index (χ3n) is 3.69. The van der Waals surface area contributed by atoms with E-state index in [1.807, 2.05) is 0 Å². The molecule has 6 nitrogen and oxygen atoms in total. The van der Waals surface area contributed by atoms with Gasteiger partial charge in [-0.1, -0.05) is 13.3 Å². The van der Waals surface area contributed by atoms with Gasteiger partial charge >= 0.3 is 5.69 Å². The van der Waals surface area contributed by atoms with E-state index in [9.17, 15) is 4.79 Å². The molecule has 3 rings (SSSR count). The van der Waals surface area contributed by atoms with E-state index in [0.29, 0.717) is 11.1 Å². The number of hydrogen-bond acceptors (Lipinski definition) is 4. The van der Waals surface area contributed by atoms with Crippen LogP contribution in [0.15, 0.2) is 17.2 Å². The zero-order chi connectivity index (χ0) is 12.6. The van der Waals surface area contributed by atoms with Crippen molar-refractivity contribution in [1.82, 2.24) is 19.6 Å². The van der Waals surface area contributed by atoms with E-state index >= 15 is 0 Å². The molecule has 0 aliphatic heterocycles. The van der Waals surface area contributed by atoms with E-state index < -0.39 is 0 Å². The third-order valence-corrected chi connectivity index (χ3v) is 3.69. The molecule has 2 aromatic rings. The van der Waals surface area contributed by atoms with Crippen LogP contribution in [0, 0.1) is 5.41 Å². The first-order valence-electron chi connectivity index (χ1n) is 6.39. The summed E-state index contributed by atoms with van der Waals surface area (Å²) in [4.78, 5) is 15.5. The topological polar surface area (TPSA) is 75.1 Å². The molecule has 0 radical (unpaired) electrons. The van der Waals surface area contributed by atoms with E-state index in [-0.39, 0.29) is 5.69 Å². The van der Waals surface area contributed by atoms with Crippen molar-refractivity contribution in [3.63, 3.8) is 0 Å². The van der Waals surface area contributed by atoms with Crippen LogP contribution >= 0.6 is 0 Å². The average molecular weight is 247 g/mol. The van der Waals surface area contributed by atoms with Crippen LogP contribution in [0.5, 0.6) is 0 Å². The molecular formula is C12H17N5O. The molecule has 0 saturated heterocycles. The molecule has 1 fully saturated rings. The Labute approximate surface area is 104 Å². The summed E-state index contributed by atoms with van der Waals surface area (Å²) in [5.74, 6) is 0.781. The van der Waals surface area contributed by atoms with Crippen LogP contribution in [0.3, 0.4) is 0 Å². The Morgan fingerprint density at radius 2 is 2.39 bits per heavy atom. The summed E-state index contributed by atoms with van der Waals surface area (Å²) in [6.07, 6.45) is 6.60. The minimum Gasteiger partial charge on any atom is -0.369 e. The lowest BCUT2D eigenvalue weighted by molar-refractivity contribution is 0.485. The molecule has 2 heterocycles. The summed E-state index contributed by atoms with van der Waals surface area (Å²) in [6, 6.07) is 1.79. The van der Waals surface area contributed by atoms with Crippen molar-refractivity contribution in [2.45, 2.75) is 32.6 Å². The second-order valence-corrected chi connectivity index (χ2v) is 5.13. The maximum atomic E-state index is 11.3. The van der Waals surface area contributed by atoms with Crippen molar-refractivity contribution in [3.05, 3.63) is 22.9 Å². The molecule has 1 aliphatic carbocycles. The van der Waals surface area contributed by atoms with Crippen molar-refractivity contribution in [1.29, 1.82) is 0 Å². The van der Waals surface area contributed by atoms with Crippen LogP contribution in [0.25, 0.3) is 5.65 Å². The predicted octanol–water partition coefficient (Wildman–Crippen LogP) is 1.41. The molecule has 2 aromatic heterocycles. The zero-order valence-corrected chi connectivity index (χ0v) is 10.4. The van der Waals surface area contributed by atoms with Crippen LogP contribution in [0.1, 0.15) is 32.6 Å². The molecule has 96 valence electrons. The molecular weight excluding hydrogens is 230 g/mol. The van der Waals surface area contributed by atoms with E-state index in [2.05, 4.69) is 27.4 Å². The molecule has 18 heavy (non-hydrogen) atoms. The molecule has 2 N–H and O–H groups in total. The standard InChI is InChI=1S/C12H17N5O/c1-2-3-12(4-5-12)7-13-9-6-10-15-16-11(18)17(10)8-14-9/h6,8,13H,2-5,7H2,1H3,(H,16,18). The van der Waals surface area contributed by atoms with Gasteiger partial charge in [0.25, 0.3) is 0 Å². The minimum atomic E-state index is -0.256. The van der Waals surface area contributed by atoms with E-state index in [4.69, 9.17) is 0 Å². The highest BCUT2D eigenvalue weighted by Crippen LogP contribution is 2.49. The lowest BCUT2D eigenvalue weighted by atomic mass is 10.0. The number of nitrogens with zero attached hydrogens (tertiary/aromatic N) is 3. The molecule has 0 bridgehead atoms. The van der Waals surface area contributed by atoms with Crippen molar-refractivity contribution in [3.8, 4) is 0 Å². The lowest BCUT2D eigenvalue weighted by Gasteiger charge is -2.15. The number of hydrogen-bond donors (Lipinski definition) is 2. The van der Waals surface area contributed by atoms with Gasteiger partial charge in [-0.05, 0) is 24.7 Å².